The zero-order valence-corrected chi connectivity index (χ0v) is 22.1. The Morgan fingerprint density at radius 3 is 2.57 bits per heavy atom. The van der Waals surface area contributed by atoms with Gasteiger partial charge in [0.15, 0.2) is 5.13 Å². The van der Waals surface area contributed by atoms with Crippen LogP contribution in [-0.2, 0) is 27.8 Å². The summed E-state index contributed by atoms with van der Waals surface area (Å²) in [5.41, 5.74) is 3.00. The maximum absolute atomic E-state index is 14.0. The summed E-state index contributed by atoms with van der Waals surface area (Å²) in [7, 11) is -3.84. The van der Waals surface area contributed by atoms with Crippen molar-refractivity contribution in [1.82, 2.24) is 9.29 Å². The van der Waals surface area contributed by atoms with E-state index in [2.05, 4.69) is 13.0 Å². The number of nitrogens with zero attached hydrogens (tertiary/aromatic N) is 3. The van der Waals surface area contributed by atoms with E-state index in [1.54, 1.807) is 4.90 Å². The third-order valence-corrected chi connectivity index (χ3v) is 9.66. The third-order valence-electron chi connectivity index (χ3n) is 6.74. The van der Waals surface area contributed by atoms with Gasteiger partial charge in [0.05, 0.1) is 27.6 Å². The molecule has 1 aliphatic heterocycles. The average molecular weight is 538 g/mol. The molecule has 1 amide bonds. The molecule has 1 aliphatic rings. The molecule has 0 N–H and O–H groups in total. The quantitative estimate of drug-likeness (QED) is 0.306. The van der Waals surface area contributed by atoms with Gasteiger partial charge >= 0.3 is 0 Å². The van der Waals surface area contributed by atoms with Gasteiger partial charge in [0.2, 0.25) is 15.9 Å². The number of rotatable bonds is 7. The predicted molar refractivity (Wildman–Crippen MR) is 145 cm³/mol. The lowest BCUT2D eigenvalue weighted by Gasteiger charge is -2.33. The topological polar surface area (TPSA) is 70.6 Å². The van der Waals surface area contributed by atoms with E-state index in [0.717, 1.165) is 39.9 Å². The van der Waals surface area contributed by atoms with Crippen LogP contribution in [0.5, 0.6) is 0 Å². The second kappa shape index (κ2) is 10.7. The second-order valence-corrected chi connectivity index (χ2v) is 12.1. The highest BCUT2D eigenvalue weighted by Crippen LogP contribution is 2.34. The van der Waals surface area contributed by atoms with Crippen molar-refractivity contribution in [2.45, 2.75) is 37.6 Å². The maximum Gasteiger partial charge on any atom is 0.243 e. The number of hydrogen-bond donors (Lipinski definition) is 0. The molecule has 9 heteroatoms. The zero-order chi connectivity index (χ0) is 26.0. The van der Waals surface area contributed by atoms with Gasteiger partial charge in [-0.25, -0.2) is 17.8 Å². The van der Waals surface area contributed by atoms with E-state index in [4.69, 9.17) is 4.98 Å². The Hall–Kier alpha value is -3.14. The van der Waals surface area contributed by atoms with Gasteiger partial charge in [-0.1, -0.05) is 60.7 Å². The minimum atomic E-state index is -3.84. The minimum Gasteiger partial charge on any atom is -0.283 e. The number of thiazole rings is 1. The van der Waals surface area contributed by atoms with Crippen LogP contribution in [-0.4, -0.2) is 36.7 Å². The standard InChI is InChI=1S/C28H28FN3O3S2/c1-2-21-10-6-12-25-26(21)30-28(36-25)32(18-20-8-4-3-5-9-20)27(33)22-11-7-17-31(19-22)37(34,35)24-15-13-23(29)14-16-24/h3-6,8-10,12-16,22H,2,7,11,17-19H2,1H3. The molecule has 2 heterocycles. The average Bonchev–Trinajstić information content (AvgIpc) is 3.36. The Bertz CT molecular complexity index is 1500. The molecule has 0 radical (unpaired) electrons. The lowest BCUT2D eigenvalue weighted by molar-refractivity contribution is -0.123. The summed E-state index contributed by atoms with van der Waals surface area (Å²) >= 11 is 1.48. The van der Waals surface area contributed by atoms with Crippen LogP contribution in [0.2, 0.25) is 0 Å². The molecule has 4 aromatic rings. The van der Waals surface area contributed by atoms with Gasteiger partial charge in [0, 0.05) is 13.1 Å². The number of halogens is 1. The number of carbonyl (C=O) groups excluding carboxylic acids is 1. The van der Waals surface area contributed by atoms with Crippen molar-refractivity contribution in [2.24, 2.45) is 5.92 Å². The number of sulfonamides is 1. The van der Waals surface area contributed by atoms with Crippen molar-refractivity contribution < 1.29 is 17.6 Å². The Kier molecular flexibility index (Phi) is 7.37. The molecule has 3 aromatic carbocycles. The molecule has 5 rings (SSSR count). The molecule has 0 saturated carbocycles. The molecule has 192 valence electrons. The number of hydrogen-bond acceptors (Lipinski definition) is 5. The molecule has 1 aromatic heterocycles. The van der Waals surface area contributed by atoms with E-state index in [-0.39, 0.29) is 17.3 Å². The SMILES string of the molecule is CCc1cccc2sc(N(Cc3ccccc3)C(=O)C3CCCN(S(=O)(=O)c4ccc(F)cc4)C3)nc12. The van der Waals surface area contributed by atoms with E-state index in [0.29, 0.717) is 31.1 Å². The van der Waals surface area contributed by atoms with Crippen molar-refractivity contribution in [3.63, 3.8) is 0 Å². The van der Waals surface area contributed by atoms with Crippen molar-refractivity contribution in [2.75, 3.05) is 18.0 Å². The van der Waals surface area contributed by atoms with Crippen molar-refractivity contribution >= 4 is 42.6 Å². The Labute approximate surface area is 220 Å². The van der Waals surface area contributed by atoms with Gasteiger partial charge in [-0.05, 0) is 60.7 Å². The fourth-order valence-electron chi connectivity index (χ4n) is 4.74. The number of amides is 1. The summed E-state index contributed by atoms with van der Waals surface area (Å²) in [5.74, 6) is -1.14. The molecule has 0 aliphatic carbocycles. The molecule has 1 fully saturated rings. The minimum absolute atomic E-state index is 0.0291. The van der Waals surface area contributed by atoms with E-state index in [9.17, 15) is 17.6 Å². The monoisotopic (exact) mass is 537 g/mol. The smallest absolute Gasteiger partial charge is 0.243 e. The van der Waals surface area contributed by atoms with Crippen LogP contribution >= 0.6 is 11.3 Å². The van der Waals surface area contributed by atoms with E-state index in [1.807, 2.05) is 42.5 Å². The number of carbonyl (C=O) groups is 1. The summed E-state index contributed by atoms with van der Waals surface area (Å²) in [6, 6.07) is 20.6. The highest BCUT2D eigenvalue weighted by Gasteiger charge is 2.36. The van der Waals surface area contributed by atoms with E-state index < -0.39 is 21.8 Å². The molecule has 0 bridgehead atoms. The molecule has 6 nitrogen and oxygen atoms in total. The number of aromatic nitrogens is 1. The summed E-state index contributed by atoms with van der Waals surface area (Å²) in [6.07, 6.45) is 1.99. The molecule has 1 atom stereocenters. The predicted octanol–water partition coefficient (Wildman–Crippen LogP) is 5.63. The largest absolute Gasteiger partial charge is 0.283 e. The van der Waals surface area contributed by atoms with Gasteiger partial charge in [-0.2, -0.15) is 4.31 Å². The highest BCUT2D eigenvalue weighted by molar-refractivity contribution is 7.89. The number of benzene rings is 3. The number of aryl methyl sites for hydroxylation is 1. The first-order valence-electron chi connectivity index (χ1n) is 12.4. The first kappa shape index (κ1) is 25.5. The van der Waals surface area contributed by atoms with Gasteiger partial charge in [0.25, 0.3) is 0 Å². The second-order valence-electron chi connectivity index (χ2n) is 9.18. The van der Waals surface area contributed by atoms with Crippen molar-refractivity contribution in [1.29, 1.82) is 0 Å². The first-order valence-corrected chi connectivity index (χ1v) is 14.6. The van der Waals surface area contributed by atoms with Crippen molar-refractivity contribution in [3.8, 4) is 0 Å². The van der Waals surface area contributed by atoms with Gasteiger partial charge < -0.3 is 0 Å². The normalized spacial score (nSPS) is 16.6. The number of fused-ring (bicyclic) bond motifs is 1. The zero-order valence-electron chi connectivity index (χ0n) is 20.5. The van der Waals surface area contributed by atoms with E-state index in [1.165, 1.54) is 27.8 Å². The fraction of sp³-hybridized carbons (Fsp3) is 0.286. The van der Waals surface area contributed by atoms with Crippen LogP contribution in [0.3, 0.4) is 0 Å². The summed E-state index contributed by atoms with van der Waals surface area (Å²) in [6.45, 7) is 2.83. The van der Waals surface area contributed by atoms with E-state index >= 15 is 0 Å². The molecule has 1 saturated heterocycles. The number of para-hydroxylation sites is 1. The van der Waals surface area contributed by atoms with Crippen LogP contribution in [0.25, 0.3) is 10.2 Å². The van der Waals surface area contributed by atoms with Gasteiger partial charge in [0.1, 0.15) is 5.82 Å². The van der Waals surface area contributed by atoms with Crippen LogP contribution in [0.1, 0.15) is 30.9 Å². The Morgan fingerprint density at radius 1 is 1.08 bits per heavy atom. The fourth-order valence-corrected chi connectivity index (χ4v) is 7.28. The lowest BCUT2D eigenvalue weighted by Crippen LogP contribution is -2.46. The van der Waals surface area contributed by atoms with Crippen molar-refractivity contribution in [3.05, 3.63) is 89.7 Å². The summed E-state index contributed by atoms with van der Waals surface area (Å²) in [5, 5.41) is 0.614. The maximum atomic E-state index is 14.0. The number of piperidine rings is 1. The summed E-state index contributed by atoms with van der Waals surface area (Å²) in [4.78, 5) is 20.6. The highest BCUT2D eigenvalue weighted by atomic mass is 32.2. The van der Waals surface area contributed by atoms with Crippen LogP contribution in [0.15, 0.2) is 77.7 Å². The molecular weight excluding hydrogens is 509 g/mol. The third kappa shape index (κ3) is 5.30. The van der Waals surface area contributed by atoms with Gasteiger partial charge in [-0.3, -0.25) is 9.69 Å². The first-order chi connectivity index (χ1) is 17.9. The summed E-state index contributed by atoms with van der Waals surface area (Å²) < 4.78 is 42.2. The van der Waals surface area contributed by atoms with Gasteiger partial charge in [-0.15, -0.1) is 0 Å². The molecular formula is C28H28FN3O3S2. The Balaban J connectivity index is 1.46. The van der Waals surface area contributed by atoms with Crippen LogP contribution in [0, 0.1) is 11.7 Å². The van der Waals surface area contributed by atoms with Crippen LogP contribution in [0.4, 0.5) is 9.52 Å². The lowest BCUT2D eigenvalue weighted by atomic mass is 9.98. The Morgan fingerprint density at radius 2 is 1.84 bits per heavy atom. The molecule has 37 heavy (non-hydrogen) atoms. The van der Waals surface area contributed by atoms with Crippen LogP contribution < -0.4 is 4.90 Å². The molecule has 0 spiro atoms. The molecule has 1 unspecified atom stereocenters. The number of anilines is 1.